The number of amides is 2. The molecule has 1 atom stereocenters. The molecule has 2 amide bonds. The number of halogens is 4. The second-order valence-electron chi connectivity index (χ2n) is 10.6. The van der Waals surface area contributed by atoms with Crippen LogP contribution in [0.15, 0.2) is 48.5 Å². The minimum Gasteiger partial charge on any atom is -0.494 e. The van der Waals surface area contributed by atoms with Crippen LogP contribution < -0.4 is 4.74 Å². The van der Waals surface area contributed by atoms with Gasteiger partial charge in [-0.2, -0.15) is 13.2 Å². The van der Waals surface area contributed by atoms with E-state index in [0.29, 0.717) is 41.7 Å². The standard InChI is InChI=1S/C28H32ClF3N2O4/c1-33(2)24(35)22-9-8-21(16-23(22)29)38-15-10-19-17-26(18-19)11-13-34(14-12-26)25(36)27(37,28(30,31)32)20-6-4-3-5-7-20/h3-9,16,19,37H,10-15,17-18H2,1-2H3/t27-/m1/s1. The van der Waals surface area contributed by atoms with Crippen LogP contribution in [0.4, 0.5) is 13.2 Å². The van der Waals surface area contributed by atoms with E-state index < -0.39 is 23.2 Å². The number of carbonyl (C=O) groups is 2. The van der Waals surface area contributed by atoms with E-state index in [1.54, 1.807) is 32.3 Å². The summed E-state index contributed by atoms with van der Waals surface area (Å²) < 4.78 is 47.5. The lowest BCUT2D eigenvalue weighted by Crippen LogP contribution is -2.58. The molecular weight excluding hydrogens is 521 g/mol. The quantitative estimate of drug-likeness (QED) is 0.507. The Balaban J connectivity index is 1.26. The van der Waals surface area contributed by atoms with E-state index in [2.05, 4.69) is 0 Å². The summed E-state index contributed by atoms with van der Waals surface area (Å²) in [6, 6.07) is 11.5. The molecule has 1 heterocycles. The number of hydrogen-bond acceptors (Lipinski definition) is 4. The van der Waals surface area contributed by atoms with Crippen molar-refractivity contribution in [1.29, 1.82) is 0 Å². The van der Waals surface area contributed by atoms with E-state index in [4.69, 9.17) is 16.3 Å². The molecule has 0 radical (unpaired) electrons. The van der Waals surface area contributed by atoms with Crippen molar-refractivity contribution in [2.45, 2.75) is 43.9 Å². The van der Waals surface area contributed by atoms with Gasteiger partial charge < -0.3 is 19.6 Å². The van der Waals surface area contributed by atoms with E-state index in [1.807, 2.05) is 0 Å². The molecule has 10 heteroatoms. The highest BCUT2D eigenvalue weighted by molar-refractivity contribution is 6.34. The van der Waals surface area contributed by atoms with E-state index in [0.717, 1.165) is 36.3 Å². The second-order valence-corrected chi connectivity index (χ2v) is 11.0. The Kier molecular flexibility index (Phi) is 8.00. The summed E-state index contributed by atoms with van der Waals surface area (Å²) in [4.78, 5) is 27.7. The molecule has 0 bridgehead atoms. The Morgan fingerprint density at radius 1 is 1.11 bits per heavy atom. The predicted octanol–water partition coefficient (Wildman–Crippen LogP) is 5.28. The first-order chi connectivity index (χ1) is 17.9. The fourth-order valence-corrected chi connectivity index (χ4v) is 5.87. The van der Waals surface area contributed by atoms with Gasteiger partial charge in [0.05, 0.1) is 17.2 Å². The van der Waals surface area contributed by atoms with Crippen LogP contribution in [-0.4, -0.2) is 66.7 Å². The average Bonchev–Trinajstić information content (AvgIpc) is 2.86. The number of piperidine rings is 1. The highest BCUT2D eigenvalue weighted by Gasteiger charge is 2.62. The second kappa shape index (κ2) is 10.8. The molecule has 2 aliphatic rings. The van der Waals surface area contributed by atoms with E-state index in [-0.39, 0.29) is 24.4 Å². The van der Waals surface area contributed by atoms with Gasteiger partial charge in [-0.3, -0.25) is 9.59 Å². The van der Waals surface area contributed by atoms with Crippen LogP contribution in [0.25, 0.3) is 0 Å². The molecule has 2 aromatic carbocycles. The Hall–Kier alpha value is -2.78. The number of likely N-dealkylation sites (tertiary alicyclic amines) is 1. The third-order valence-electron chi connectivity index (χ3n) is 7.84. The summed E-state index contributed by atoms with van der Waals surface area (Å²) in [5.41, 5.74) is -3.60. The number of rotatable bonds is 7. The number of ether oxygens (including phenoxy) is 1. The monoisotopic (exact) mass is 552 g/mol. The number of alkyl halides is 3. The highest BCUT2D eigenvalue weighted by Crippen LogP contribution is 2.54. The van der Waals surface area contributed by atoms with Gasteiger partial charge >= 0.3 is 6.18 Å². The summed E-state index contributed by atoms with van der Waals surface area (Å²) >= 11 is 6.23. The van der Waals surface area contributed by atoms with Crippen molar-refractivity contribution < 1.29 is 32.6 Å². The topological polar surface area (TPSA) is 70.1 Å². The van der Waals surface area contributed by atoms with Gasteiger partial charge in [-0.15, -0.1) is 0 Å². The molecule has 206 valence electrons. The van der Waals surface area contributed by atoms with Gasteiger partial charge in [-0.25, -0.2) is 0 Å². The maximum atomic E-state index is 13.9. The van der Waals surface area contributed by atoms with Crippen molar-refractivity contribution in [2.24, 2.45) is 11.3 Å². The van der Waals surface area contributed by atoms with Crippen molar-refractivity contribution in [3.63, 3.8) is 0 Å². The largest absolute Gasteiger partial charge is 0.494 e. The number of hydrogen-bond donors (Lipinski definition) is 1. The van der Waals surface area contributed by atoms with Crippen LogP contribution in [-0.2, 0) is 10.4 Å². The SMILES string of the molecule is CN(C)C(=O)c1ccc(OCCC2CC3(CCN(C(=O)[C@](O)(c4ccccc4)C(F)(F)F)CC3)C2)cc1Cl. The van der Waals surface area contributed by atoms with E-state index >= 15 is 0 Å². The molecule has 1 aliphatic carbocycles. The van der Waals surface area contributed by atoms with Crippen molar-refractivity contribution in [3.05, 3.63) is 64.7 Å². The maximum absolute atomic E-state index is 13.9. The predicted molar refractivity (Wildman–Crippen MR) is 137 cm³/mol. The van der Waals surface area contributed by atoms with Gasteiger partial charge in [0.2, 0.25) is 0 Å². The van der Waals surface area contributed by atoms with Crippen LogP contribution in [0.2, 0.25) is 5.02 Å². The summed E-state index contributed by atoms with van der Waals surface area (Å²) in [5.74, 6) is -0.482. The normalized spacial score (nSPS) is 19.0. The number of carbonyl (C=O) groups excluding carboxylic acids is 2. The number of aliphatic hydroxyl groups is 1. The van der Waals surface area contributed by atoms with Gasteiger partial charge in [-0.05, 0) is 61.6 Å². The first-order valence-electron chi connectivity index (χ1n) is 12.6. The summed E-state index contributed by atoms with van der Waals surface area (Å²) in [6.45, 7) is 0.853. The van der Waals surface area contributed by atoms with Crippen LogP contribution in [0, 0.1) is 11.3 Å². The summed E-state index contributed by atoms with van der Waals surface area (Å²) in [5, 5.41) is 10.9. The lowest BCUT2D eigenvalue weighted by molar-refractivity contribution is -0.262. The van der Waals surface area contributed by atoms with Crippen LogP contribution in [0.1, 0.15) is 48.0 Å². The summed E-state index contributed by atoms with van der Waals surface area (Å²) in [7, 11) is 3.31. The van der Waals surface area contributed by atoms with Gasteiger partial charge in [-0.1, -0.05) is 41.9 Å². The first kappa shape index (κ1) is 28.2. The zero-order valence-corrected chi connectivity index (χ0v) is 22.2. The molecule has 1 aliphatic heterocycles. The number of nitrogens with zero attached hydrogens (tertiary/aromatic N) is 2. The van der Waals surface area contributed by atoms with E-state index in [9.17, 15) is 27.9 Å². The zero-order chi connectivity index (χ0) is 27.7. The third kappa shape index (κ3) is 5.50. The molecule has 4 rings (SSSR count). The van der Waals surface area contributed by atoms with Crippen molar-refractivity contribution in [1.82, 2.24) is 9.80 Å². The van der Waals surface area contributed by atoms with Gasteiger partial charge in [0, 0.05) is 32.7 Å². The van der Waals surface area contributed by atoms with Gasteiger partial charge in [0.15, 0.2) is 0 Å². The van der Waals surface area contributed by atoms with Crippen LogP contribution in [0.3, 0.4) is 0 Å². The fourth-order valence-electron chi connectivity index (χ4n) is 5.62. The lowest BCUT2D eigenvalue weighted by atomic mass is 9.57. The molecule has 6 nitrogen and oxygen atoms in total. The van der Waals surface area contributed by atoms with Crippen molar-refractivity contribution in [3.8, 4) is 5.75 Å². The van der Waals surface area contributed by atoms with Crippen molar-refractivity contribution >= 4 is 23.4 Å². The molecular formula is C28H32ClF3N2O4. The van der Waals surface area contributed by atoms with E-state index in [1.165, 1.54) is 23.1 Å². The highest BCUT2D eigenvalue weighted by atomic mass is 35.5. The Morgan fingerprint density at radius 2 is 1.74 bits per heavy atom. The number of benzene rings is 2. The van der Waals surface area contributed by atoms with Crippen LogP contribution in [0.5, 0.6) is 5.75 Å². The molecule has 0 unspecified atom stereocenters. The fraction of sp³-hybridized carbons (Fsp3) is 0.500. The maximum Gasteiger partial charge on any atom is 0.430 e. The molecule has 0 aromatic heterocycles. The third-order valence-corrected chi connectivity index (χ3v) is 8.15. The Morgan fingerprint density at radius 3 is 2.29 bits per heavy atom. The Bertz CT molecular complexity index is 1160. The molecule has 2 fully saturated rings. The average molecular weight is 553 g/mol. The Labute approximate surface area is 225 Å². The molecule has 1 N–H and O–H groups in total. The van der Waals surface area contributed by atoms with Crippen LogP contribution >= 0.6 is 11.6 Å². The molecule has 2 aromatic rings. The molecule has 1 saturated carbocycles. The van der Waals surface area contributed by atoms with Crippen molar-refractivity contribution in [2.75, 3.05) is 33.8 Å². The van der Waals surface area contributed by atoms with Gasteiger partial charge in [0.25, 0.3) is 17.4 Å². The van der Waals surface area contributed by atoms with Gasteiger partial charge in [0.1, 0.15) is 5.75 Å². The zero-order valence-electron chi connectivity index (χ0n) is 21.4. The molecule has 1 saturated heterocycles. The summed E-state index contributed by atoms with van der Waals surface area (Å²) in [6.07, 6.45) is -1.24. The smallest absolute Gasteiger partial charge is 0.430 e. The minimum atomic E-state index is -5.13. The first-order valence-corrected chi connectivity index (χ1v) is 13.0. The minimum absolute atomic E-state index is 0.0159. The molecule has 1 spiro atoms. The molecule has 38 heavy (non-hydrogen) atoms. The lowest BCUT2D eigenvalue weighted by Gasteiger charge is -2.53.